The number of phenols is 1. The van der Waals surface area contributed by atoms with Crippen LogP contribution in [0, 0.1) is 7.14 Å². The average Bonchev–Trinajstić information content (AvgIpc) is 2.59. The second-order valence-corrected chi connectivity index (χ2v) is 9.36. The molecule has 1 fully saturated rings. The molecule has 1 saturated heterocycles. The summed E-state index contributed by atoms with van der Waals surface area (Å²) in [6.45, 7) is 1.80. The zero-order chi connectivity index (χ0) is 18.0. The Kier molecular flexibility index (Phi) is 6.27. The van der Waals surface area contributed by atoms with Crippen LogP contribution in [0.15, 0.2) is 40.9 Å². The van der Waals surface area contributed by atoms with Crippen molar-refractivity contribution >= 4 is 67.1 Å². The molecule has 3 N–H and O–H groups in total. The van der Waals surface area contributed by atoms with E-state index < -0.39 is 11.6 Å². The van der Waals surface area contributed by atoms with E-state index in [9.17, 15) is 9.90 Å². The van der Waals surface area contributed by atoms with E-state index in [4.69, 9.17) is 4.74 Å². The molecule has 0 saturated carbocycles. The normalized spacial score (nSPS) is 16.4. The van der Waals surface area contributed by atoms with Crippen LogP contribution in [0.3, 0.4) is 0 Å². The molecule has 0 atom stereocenters. The Morgan fingerprint density at radius 1 is 1.16 bits per heavy atom. The second kappa shape index (κ2) is 8.10. The molecule has 25 heavy (non-hydrogen) atoms. The van der Waals surface area contributed by atoms with E-state index in [1.807, 2.05) is 52.9 Å². The van der Waals surface area contributed by atoms with Crippen molar-refractivity contribution in [3.8, 4) is 5.75 Å². The Balaban J connectivity index is 1.96. The largest absolute Gasteiger partial charge is 0.506 e. The Morgan fingerprint density at radius 3 is 2.44 bits per heavy atom. The summed E-state index contributed by atoms with van der Waals surface area (Å²) in [6, 6.07) is 11.4. The van der Waals surface area contributed by atoms with Gasteiger partial charge >= 0.3 is 5.97 Å². The number of piperidine rings is 1. The summed E-state index contributed by atoms with van der Waals surface area (Å²) in [4.78, 5) is 12.9. The maximum atomic E-state index is 12.9. The molecule has 0 aliphatic carbocycles. The lowest BCUT2D eigenvalue weighted by Crippen LogP contribution is -2.87. The SMILES string of the molecule is O=C(OC1(c2ccc(Br)cc2)CC[NH2+]CC1)c1cc(I)cc(I)c1O. The number of rotatable bonds is 3. The van der Waals surface area contributed by atoms with Gasteiger partial charge in [0, 0.05) is 20.9 Å². The predicted octanol–water partition coefficient (Wildman–Crippen LogP) is 3.77. The van der Waals surface area contributed by atoms with E-state index in [0.29, 0.717) is 3.57 Å². The summed E-state index contributed by atoms with van der Waals surface area (Å²) in [6.07, 6.45) is 1.50. The third kappa shape index (κ3) is 4.30. The first-order chi connectivity index (χ1) is 11.9. The van der Waals surface area contributed by atoms with Gasteiger partial charge in [-0.15, -0.1) is 0 Å². The fraction of sp³-hybridized carbons (Fsp3) is 0.278. The number of halogens is 3. The van der Waals surface area contributed by atoms with E-state index in [0.717, 1.165) is 39.5 Å². The van der Waals surface area contributed by atoms with Crippen LogP contribution < -0.4 is 5.32 Å². The van der Waals surface area contributed by atoms with Gasteiger partial charge in [-0.1, -0.05) is 28.1 Å². The smallest absolute Gasteiger partial charge is 0.342 e. The number of hydrogen-bond acceptors (Lipinski definition) is 3. The van der Waals surface area contributed by atoms with Gasteiger partial charge in [-0.2, -0.15) is 0 Å². The zero-order valence-electron chi connectivity index (χ0n) is 13.3. The van der Waals surface area contributed by atoms with E-state index >= 15 is 0 Å². The molecule has 2 aromatic rings. The van der Waals surface area contributed by atoms with Crippen molar-refractivity contribution in [3.63, 3.8) is 0 Å². The molecule has 1 aliphatic rings. The molecule has 0 aromatic heterocycles. The van der Waals surface area contributed by atoms with E-state index in [1.165, 1.54) is 0 Å². The number of phenolic OH excluding ortho intramolecular Hbond substituents is 1. The lowest BCUT2D eigenvalue weighted by molar-refractivity contribution is -0.668. The molecule has 2 aromatic carbocycles. The highest BCUT2D eigenvalue weighted by molar-refractivity contribution is 14.1. The quantitative estimate of drug-likeness (QED) is 0.402. The topological polar surface area (TPSA) is 63.1 Å². The van der Waals surface area contributed by atoms with Crippen molar-refractivity contribution in [2.24, 2.45) is 0 Å². The number of hydrogen-bond donors (Lipinski definition) is 2. The van der Waals surface area contributed by atoms with Crippen molar-refractivity contribution in [1.82, 2.24) is 0 Å². The zero-order valence-corrected chi connectivity index (χ0v) is 19.2. The number of benzene rings is 2. The predicted molar refractivity (Wildman–Crippen MR) is 116 cm³/mol. The van der Waals surface area contributed by atoms with Crippen LogP contribution in [-0.4, -0.2) is 24.2 Å². The molecule has 0 unspecified atom stereocenters. The summed E-state index contributed by atoms with van der Waals surface area (Å²) in [5.41, 5.74) is 0.574. The van der Waals surface area contributed by atoms with Gasteiger partial charge in [0.2, 0.25) is 0 Å². The Labute approximate surface area is 182 Å². The van der Waals surface area contributed by atoms with Crippen molar-refractivity contribution < 1.29 is 20.0 Å². The molecule has 0 amide bonds. The lowest BCUT2D eigenvalue weighted by Gasteiger charge is -2.36. The average molecular weight is 629 g/mol. The molecule has 0 radical (unpaired) electrons. The summed E-state index contributed by atoms with van der Waals surface area (Å²) in [5.74, 6) is -0.488. The minimum Gasteiger partial charge on any atom is -0.506 e. The van der Waals surface area contributed by atoms with Crippen molar-refractivity contribution in [3.05, 3.63) is 59.1 Å². The molecule has 7 heteroatoms. The molecule has 1 aliphatic heterocycles. The van der Waals surface area contributed by atoms with Gasteiger partial charge in [0.15, 0.2) is 0 Å². The third-order valence-electron chi connectivity index (χ3n) is 4.41. The van der Waals surface area contributed by atoms with Crippen LogP contribution in [0.1, 0.15) is 28.8 Å². The fourth-order valence-corrected chi connectivity index (χ4v) is 5.21. The van der Waals surface area contributed by atoms with Gasteiger partial charge in [-0.25, -0.2) is 4.79 Å². The van der Waals surface area contributed by atoms with Crippen molar-refractivity contribution in [2.75, 3.05) is 13.1 Å². The van der Waals surface area contributed by atoms with Gasteiger partial charge in [-0.3, -0.25) is 0 Å². The van der Waals surface area contributed by atoms with Crippen LogP contribution in [0.2, 0.25) is 0 Å². The van der Waals surface area contributed by atoms with Crippen LogP contribution in [0.5, 0.6) is 5.75 Å². The Bertz CT molecular complexity index is 790. The summed E-state index contributed by atoms with van der Waals surface area (Å²) in [7, 11) is 0. The minimum atomic E-state index is -0.647. The van der Waals surface area contributed by atoms with Crippen LogP contribution in [0.25, 0.3) is 0 Å². The summed E-state index contributed by atoms with van der Waals surface area (Å²) >= 11 is 7.61. The minimum absolute atomic E-state index is 0.0145. The van der Waals surface area contributed by atoms with Crippen LogP contribution in [-0.2, 0) is 10.3 Å². The highest BCUT2D eigenvalue weighted by atomic mass is 127. The fourth-order valence-electron chi connectivity index (χ4n) is 3.10. The number of ether oxygens (including phenoxy) is 1. The number of aromatic hydroxyl groups is 1. The number of nitrogens with two attached hydrogens (primary N) is 1. The number of carbonyl (C=O) groups is 1. The Hall–Kier alpha value is -0.390. The molecular formula is C18H17BrI2NO3+. The van der Waals surface area contributed by atoms with Gasteiger partial charge in [0.25, 0.3) is 0 Å². The molecule has 0 spiro atoms. The highest BCUT2D eigenvalue weighted by Gasteiger charge is 2.40. The summed E-state index contributed by atoms with van der Waals surface area (Å²) in [5, 5.41) is 12.5. The Morgan fingerprint density at radius 2 is 1.80 bits per heavy atom. The number of esters is 1. The van der Waals surface area contributed by atoms with Gasteiger partial charge in [0.05, 0.1) is 16.7 Å². The van der Waals surface area contributed by atoms with Gasteiger partial charge < -0.3 is 15.2 Å². The lowest BCUT2D eigenvalue weighted by atomic mass is 9.84. The maximum Gasteiger partial charge on any atom is 0.342 e. The molecule has 132 valence electrons. The first-order valence-electron chi connectivity index (χ1n) is 7.90. The van der Waals surface area contributed by atoms with Crippen molar-refractivity contribution in [2.45, 2.75) is 18.4 Å². The van der Waals surface area contributed by atoms with E-state index in [1.54, 1.807) is 6.07 Å². The third-order valence-corrected chi connectivity index (χ3v) is 6.38. The standard InChI is InChI=1S/C18H16BrI2NO3/c19-12-3-1-11(2-4-12)18(5-7-22-8-6-18)25-17(24)14-9-13(20)10-15(21)16(14)23/h1-4,9-10,22-23H,5-8H2/p+1. The first-order valence-corrected chi connectivity index (χ1v) is 10.9. The molecule has 1 heterocycles. The molecular weight excluding hydrogens is 612 g/mol. The van der Waals surface area contributed by atoms with Gasteiger partial charge in [0.1, 0.15) is 16.9 Å². The van der Waals surface area contributed by atoms with Crippen molar-refractivity contribution in [1.29, 1.82) is 0 Å². The summed E-state index contributed by atoms with van der Waals surface area (Å²) < 4.78 is 8.57. The molecule has 3 rings (SSSR count). The maximum absolute atomic E-state index is 12.9. The van der Waals surface area contributed by atoms with E-state index in [-0.39, 0.29) is 11.3 Å². The van der Waals surface area contributed by atoms with Gasteiger partial charge in [-0.05, 0) is 75.0 Å². The number of quaternary nitrogens is 1. The highest BCUT2D eigenvalue weighted by Crippen LogP contribution is 2.37. The molecule has 0 bridgehead atoms. The first kappa shape index (κ1) is 19.4. The van der Waals surface area contributed by atoms with Crippen LogP contribution >= 0.6 is 61.1 Å². The molecule has 4 nitrogen and oxygen atoms in total. The second-order valence-electron chi connectivity index (χ2n) is 6.04. The number of carbonyl (C=O) groups excluding carboxylic acids is 1. The van der Waals surface area contributed by atoms with E-state index in [2.05, 4.69) is 43.8 Å². The monoisotopic (exact) mass is 628 g/mol. The van der Waals surface area contributed by atoms with Crippen LogP contribution in [0.4, 0.5) is 0 Å².